The van der Waals surface area contributed by atoms with Crippen molar-refractivity contribution in [3.63, 3.8) is 0 Å². The summed E-state index contributed by atoms with van der Waals surface area (Å²) < 4.78 is 5.15. The molecular weight excluding hydrogens is 268 g/mol. The van der Waals surface area contributed by atoms with E-state index in [0.717, 1.165) is 37.4 Å². The van der Waals surface area contributed by atoms with E-state index in [9.17, 15) is 9.90 Å². The van der Waals surface area contributed by atoms with Crippen LogP contribution in [0.15, 0.2) is 24.3 Å². The average Bonchev–Trinajstić information content (AvgIpc) is 2.92. The van der Waals surface area contributed by atoms with Gasteiger partial charge in [-0.05, 0) is 43.7 Å². The Morgan fingerprint density at radius 2 is 2.05 bits per heavy atom. The molecule has 2 fully saturated rings. The van der Waals surface area contributed by atoms with Gasteiger partial charge in [0.2, 0.25) is 0 Å². The number of likely N-dealkylation sites (tertiary alicyclic amines) is 1. The maximum atomic E-state index is 12.3. The van der Waals surface area contributed by atoms with Crippen LogP contribution >= 0.6 is 0 Å². The summed E-state index contributed by atoms with van der Waals surface area (Å²) in [7, 11) is 1.61. The van der Waals surface area contributed by atoms with Gasteiger partial charge in [-0.2, -0.15) is 0 Å². The average molecular weight is 290 g/mol. The van der Waals surface area contributed by atoms with Gasteiger partial charge in [0, 0.05) is 24.8 Å². The Kier molecular flexibility index (Phi) is 3.53. The summed E-state index contributed by atoms with van der Waals surface area (Å²) in [6.45, 7) is 3.36. The van der Waals surface area contributed by atoms with Crippen LogP contribution in [0.5, 0.6) is 5.75 Å². The highest BCUT2D eigenvalue weighted by molar-refractivity contribution is 5.89. The molecule has 1 aliphatic carbocycles. The molecule has 3 rings (SSSR count). The lowest BCUT2D eigenvalue weighted by Gasteiger charge is -2.22. The van der Waals surface area contributed by atoms with Crippen LogP contribution in [0.2, 0.25) is 0 Å². The van der Waals surface area contributed by atoms with Gasteiger partial charge in [-0.1, -0.05) is 6.07 Å². The van der Waals surface area contributed by atoms with E-state index in [1.54, 1.807) is 13.2 Å². The Hall–Kier alpha value is -1.75. The Morgan fingerprint density at radius 3 is 2.67 bits per heavy atom. The predicted molar refractivity (Wildman–Crippen MR) is 80.4 cm³/mol. The van der Waals surface area contributed by atoms with Crippen molar-refractivity contribution in [2.75, 3.05) is 25.5 Å². The van der Waals surface area contributed by atoms with E-state index < -0.39 is 5.60 Å². The number of aliphatic hydroxyl groups is 1. The van der Waals surface area contributed by atoms with E-state index in [2.05, 4.69) is 5.32 Å². The third kappa shape index (κ3) is 2.97. The molecule has 2 aliphatic rings. The number of carbonyl (C=O) groups is 1. The molecule has 1 saturated carbocycles. The summed E-state index contributed by atoms with van der Waals surface area (Å²) in [5, 5.41) is 13.0. The lowest BCUT2D eigenvalue weighted by atomic mass is 10.0. The van der Waals surface area contributed by atoms with Gasteiger partial charge in [-0.3, -0.25) is 0 Å². The number of benzene rings is 1. The summed E-state index contributed by atoms with van der Waals surface area (Å²) in [6, 6.07) is 7.28. The number of fused-ring (bicyclic) bond motifs is 1. The van der Waals surface area contributed by atoms with E-state index in [-0.39, 0.29) is 6.03 Å². The van der Waals surface area contributed by atoms with Crippen molar-refractivity contribution in [2.45, 2.75) is 25.4 Å². The molecule has 0 radical (unpaired) electrons. The van der Waals surface area contributed by atoms with Crippen LogP contribution in [0.25, 0.3) is 0 Å². The van der Waals surface area contributed by atoms with Gasteiger partial charge in [0.25, 0.3) is 0 Å². The number of rotatable bonds is 2. The quantitative estimate of drug-likeness (QED) is 0.878. The number of nitrogens with zero attached hydrogens (tertiary/aromatic N) is 1. The second-order valence-electron chi connectivity index (χ2n) is 6.49. The highest BCUT2D eigenvalue weighted by Crippen LogP contribution is 2.43. The highest BCUT2D eigenvalue weighted by Gasteiger charge is 2.46. The number of urea groups is 1. The van der Waals surface area contributed by atoms with Crippen molar-refractivity contribution >= 4 is 11.7 Å². The number of amides is 2. The van der Waals surface area contributed by atoms with Gasteiger partial charge >= 0.3 is 6.03 Å². The summed E-state index contributed by atoms with van der Waals surface area (Å²) in [4.78, 5) is 14.2. The van der Waals surface area contributed by atoms with Crippen LogP contribution in [0, 0.1) is 11.8 Å². The van der Waals surface area contributed by atoms with E-state index in [4.69, 9.17) is 4.74 Å². The Morgan fingerprint density at radius 1 is 1.38 bits per heavy atom. The molecule has 1 aromatic carbocycles. The minimum atomic E-state index is -0.551. The monoisotopic (exact) mass is 290 g/mol. The zero-order valence-electron chi connectivity index (χ0n) is 12.5. The molecule has 1 unspecified atom stereocenters. The molecule has 1 aliphatic heterocycles. The lowest BCUT2D eigenvalue weighted by molar-refractivity contribution is 0.0559. The topological polar surface area (TPSA) is 61.8 Å². The molecule has 5 heteroatoms. The summed E-state index contributed by atoms with van der Waals surface area (Å²) >= 11 is 0. The largest absolute Gasteiger partial charge is 0.497 e. The van der Waals surface area contributed by atoms with Gasteiger partial charge < -0.3 is 20.1 Å². The molecule has 2 amide bonds. The van der Waals surface area contributed by atoms with Crippen LogP contribution in [0.3, 0.4) is 0 Å². The fourth-order valence-electron chi connectivity index (χ4n) is 3.68. The number of anilines is 1. The molecule has 114 valence electrons. The Balaban J connectivity index is 1.60. The third-order valence-electron chi connectivity index (χ3n) is 4.59. The molecule has 3 atom stereocenters. The summed E-state index contributed by atoms with van der Waals surface area (Å²) in [5.74, 6) is 1.58. The number of hydrogen-bond acceptors (Lipinski definition) is 3. The molecule has 1 aromatic rings. The molecule has 0 bridgehead atoms. The normalized spacial score (nSPS) is 31.1. The molecule has 21 heavy (non-hydrogen) atoms. The van der Waals surface area contributed by atoms with Gasteiger partial charge in [0.1, 0.15) is 5.75 Å². The fraction of sp³-hybridized carbons (Fsp3) is 0.562. The lowest BCUT2D eigenvalue weighted by Crippen LogP contribution is -2.35. The second-order valence-corrected chi connectivity index (χ2v) is 6.49. The van der Waals surface area contributed by atoms with Gasteiger partial charge in [-0.15, -0.1) is 0 Å². The second kappa shape index (κ2) is 5.22. The number of carbonyl (C=O) groups excluding carboxylic acids is 1. The van der Waals surface area contributed by atoms with Gasteiger partial charge in [0.15, 0.2) is 0 Å². The van der Waals surface area contributed by atoms with Gasteiger partial charge in [0.05, 0.1) is 12.7 Å². The predicted octanol–water partition coefficient (Wildman–Crippen LogP) is 2.32. The Labute approximate surface area is 124 Å². The van der Waals surface area contributed by atoms with Crippen LogP contribution in [0.1, 0.15) is 19.8 Å². The van der Waals surface area contributed by atoms with Gasteiger partial charge in [-0.25, -0.2) is 4.79 Å². The van der Waals surface area contributed by atoms with Crippen LogP contribution < -0.4 is 10.1 Å². The first-order chi connectivity index (χ1) is 9.97. The minimum absolute atomic E-state index is 0.0719. The van der Waals surface area contributed by atoms with Crippen molar-refractivity contribution in [1.29, 1.82) is 0 Å². The number of hydrogen-bond donors (Lipinski definition) is 2. The fourth-order valence-corrected chi connectivity index (χ4v) is 3.68. The van der Waals surface area contributed by atoms with E-state index in [1.165, 1.54) is 0 Å². The van der Waals surface area contributed by atoms with E-state index in [1.807, 2.05) is 30.0 Å². The molecule has 0 aromatic heterocycles. The summed E-state index contributed by atoms with van der Waals surface area (Å²) in [6.07, 6.45) is 1.58. The number of ether oxygens (including phenoxy) is 1. The van der Waals surface area contributed by atoms with E-state index in [0.29, 0.717) is 11.8 Å². The SMILES string of the molecule is COc1cccc(NC(=O)N2C[C@@H]3CC(C)(O)C[C@@H]3C2)c1. The zero-order valence-corrected chi connectivity index (χ0v) is 12.5. The first-order valence-electron chi connectivity index (χ1n) is 7.39. The third-order valence-corrected chi connectivity index (χ3v) is 4.59. The van der Waals surface area contributed by atoms with Crippen molar-refractivity contribution in [3.05, 3.63) is 24.3 Å². The van der Waals surface area contributed by atoms with Crippen molar-refractivity contribution in [1.82, 2.24) is 4.90 Å². The Bertz CT molecular complexity index is 528. The molecule has 1 heterocycles. The van der Waals surface area contributed by atoms with Crippen molar-refractivity contribution in [2.24, 2.45) is 11.8 Å². The molecule has 1 saturated heterocycles. The number of methoxy groups -OCH3 is 1. The molecule has 0 spiro atoms. The minimum Gasteiger partial charge on any atom is -0.497 e. The zero-order chi connectivity index (χ0) is 15.0. The highest BCUT2D eigenvalue weighted by atomic mass is 16.5. The molecule has 5 nitrogen and oxygen atoms in total. The first kappa shape index (κ1) is 14.2. The first-order valence-corrected chi connectivity index (χ1v) is 7.39. The van der Waals surface area contributed by atoms with Crippen LogP contribution in [0.4, 0.5) is 10.5 Å². The van der Waals surface area contributed by atoms with Crippen molar-refractivity contribution in [3.8, 4) is 5.75 Å². The standard InChI is InChI=1S/C16H22N2O3/c1-16(20)7-11-9-18(10-12(11)8-16)15(19)17-13-4-3-5-14(6-13)21-2/h3-6,11-12,20H,7-10H2,1-2H3,(H,17,19)/t11-,12+,16?. The van der Waals surface area contributed by atoms with Crippen LogP contribution in [-0.2, 0) is 0 Å². The van der Waals surface area contributed by atoms with Crippen molar-refractivity contribution < 1.29 is 14.6 Å². The summed E-state index contributed by atoms with van der Waals surface area (Å²) in [5.41, 5.74) is 0.188. The maximum Gasteiger partial charge on any atom is 0.321 e. The van der Waals surface area contributed by atoms with E-state index >= 15 is 0 Å². The number of nitrogens with one attached hydrogen (secondary N) is 1. The van der Waals surface area contributed by atoms with Crippen LogP contribution in [-0.4, -0.2) is 41.8 Å². The smallest absolute Gasteiger partial charge is 0.321 e. The molecule has 2 N–H and O–H groups in total. The molecular formula is C16H22N2O3. The maximum absolute atomic E-state index is 12.3.